The van der Waals surface area contributed by atoms with Crippen molar-refractivity contribution in [1.29, 1.82) is 0 Å². The zero-order valence-corrected chi connectivity index (χ0v) is 13.7. The third-order valence-corrected chi connectivity index (χ3v) is 6.07. The molecule has 2 aromatic rings. The Morgan fingerprint density at radius 3 is 2.52 bits per heavy atom. The summed E-state index contributed by atoms with van der Waals surface area (Å²) in [5.74, 6) is 0.430. The van der Waals surface area contributed by atoms with Crippen molar-refractivity contribution >= 4 is 9.84 Å². The molecule has 1 aliphatic heterocycles. The van der Waals surface area contributed by atoms with E-state index >= 15 is 0 Å². The average molecular weight is 333 g/mol. The molecular formula is C18H20FNO2S. The minimum absolute atomic E-state index is 0.145. The molecule has 122 valence electrons. The molecule has 1 atom stereocenters. The first kappa shape index (κ1) is 16.1. The van der Waals surface area contributed by atoms with Crippen molar-refractivity contribution in [2.24, 2.45) is 5.92 Å². The standard InChI is InChI=1S/C18H20FNO2S/c19-18-10-16(15-4-2-1-3-5-15)6-7-17(18)12-20-11-14-8-9-23(21,22)13-14/h1-7,10,14,20H,8-9,11-13H2. The smallest absolute Gasteiger partial charge is 0.150 e. The first-order valence-corrected chi connectivity index (χ1v) is 9.61. The lowest BCUT2D eigenvalue weighted by atomic mass is 10.0. The third kappa shape index (κ3) is 4.18. The van der Waals surface area contributed by atoms with Crippen molar-refractivity contribution in [2.75, 3.05) is 18.1 Å². The summed E-state index contributed by atoms with van der Waals surface area (Å²) in [6.45, 7) is 1.02. The maximum absolute atomic E-state index is 14.2. The van der Waals surface area contributed by atoms with Crippen LogP contribution in [0.5, 0.6) is 0 Å². The lowest BCUT2D eigenvalue weighted by molar-refractivity contribution is 0.510. The van der Waals surface area contributed by atoms with Crippen molar-refractivity contribution in [2.45, 2.75) is 13.0 Å². The van der Waals surface area contributed by atoms with Gasteiger partial charge >= 0.3 is 0 Å². The van der Waals surface area contributed by atoms with Crippen LogP contribution >= 0.6 is 0 Å². The molecule has 0 radical (unpaired) electrons. The number of benzene rings is 2. The van der Waals surface area contributed by atoms with E-state index in [1.165, 1.54) is 0 Å². The highest BCUT2D eigenvalue weighted by Crippen LogP contribution is 2.22. The second-order valence-corrected chi connectivity index (χ2v) is 8.30. The molecule has 23 heavy (non-hydrogen) atoms. The average Bonchev–Trinajstić information content (AvgIpc) is 2.89. The number of nitrogens with one attached hydrogen (secondary N) is 1. The Balaban J connectivity index is 1.59. The quantitative estimate of drug-likeness (QED) is 0.915. The summed E-state index contributed by atoms with van der Waals surface area (Å²) in [5, 5.41) is 3.18. The Morgan fingerprint density at radius 1 is 1.09 bits per heavy atom. The van der Waals surface area contributed by atoms with Crippen molar-refractivity contribution in [3.8, 4) is 11.1 Å². The van der Waals surface area contributed by atoms with E-state index in [9.17, 15) is 12.8 Å². The van der Waals surface area contributed by atoms with Crippen molar-refractivity contribution < 1.29 is 12.8 Å². The van der Waals surface area contributed by atoms with E-state index in [1.807, 2.05) is 36.4 Å². The lowest BCUT2D eigenvalue weighted by Gasteiger charge is -2.11. The summed E-state index contributed by atoms with van der Waals surface area (Å²) < 4.78 is 37.0. The summed E-state index contributed by atoms with van der Waals surface area (Å²) >= 11 is 0. The van der Waals surface area contributed by atoms with Gasteiger partial charge in [-0.05, 0) is 36.1 Å². The third-order valence-electron chi connectivity index (χ3n) is 4.24. The van der Waals surface area contributed by atoms with Gasteiger partial charge in [-0.15, -0.1) is 0 Å². The van der Waals surface area contributed by atoms with Gasteiger partial charge in [0.2, 0.25) is 0 Å². The van der Waals surface area contributed by atoms with Crippen LogP contribution in [0.3, 0.4) is 0 Å². The maximum atomic E-state index is 14.2. The molecule has 0 bridgehead atoms. The molecule has 1 heterocycles. The fourth-order valence-electron chi connectivity index (χ4n) is 2.94. The highest BCUT2D eigenvalue weighted by Gasteiger charge is 2.27. The molecule has 0 aliphatic carbocycles. The number of hydrogen-bond acceptors (Lipinski definition) is 3. The Morgan fingerprint density at radius 2 is 1.87 bits per heavy atom. The lowest BCUT2D eigenvalue weighted by Crippen LogP contribution is -2.23. The molecule has 0 amide bonds. The molecule has 2 aromatic carbocycles. The number of rotatable bonds is 5. The van der Waals surface area contributed by atoms with Crippen LogP contribution in [0.1, 0.15) is 12.0 Å². The molecule has 1 saturated heterocycles. The van der Waals surface area contributed by atoms with Crippen molar-refractivity contribution in [3.05, 3.63) is 59.9 Å². The molecule has 0 spiro atoms. The van der Waals surface area contributed by atoms with Gasteiger partial charge in [0.1, 0.15) is 5.82 Å². The predicted octanol–water partition coefficient (Wildman–Crippen LogP) is 3.02. The van der Waals surface area contributed by atoms with Gasteiger partial charge in [-0.3, -0.25) is 0 Å². The van der Waals surface area contributed by atoms with E-state index in [1.54, 1.807) is 12.1 Å². The van der Waals surface area contributed by atoms with E-state index in [0.29, 0.717) is 25.1 Å². The second kappa shape index (κ2) is 6.81. The molecule has 1 N–H and O–H groups in total. The number of hydrogen-bond donors (Lipinski definition) is 1. The molecule has 0 aromatic heterocycles. The molecule has 0 saturated carbocycles. The van der Waals surface area contributed by atoms with E-state index in [2.05, 4.69) is 5.32 Å². The zero-order chi connectivity index (χ0) is 16.3. The monoisotopic (exact) mass is 333 g/mol. The highest BCUT2D eigenvalue weighted by atomic mass is 32.2. The van der Waals surface area contributed by atoms with Gasteiger partial charge < -0.3 is 5.32 Å². The van der Waals surface area contributed by atoms with E-state index in [-0.39, 0.29) is 23.2 Å². The van der Waals surface area contributed by atoms with Crippen LogP contribution in [-0.2, 0) is 16.4 Å². The van der Waals surface area contributed by atoms with Gasteiger partial charge in [0.25, 0.3) is 0 Å². The Hall–Kier alpha value is -1.72. The van der Waals surface area contributed by atoms with Crippen LogP contribution < -0.4 is 5.32 Å². The fraction of sp³-hybridized carbons (Fsp3) is 0.333. The summed E-state index contributed by atoms with van der Waals surface area (Å²) in [6.07, 6.45) is 0.699. The molecule has 3 nitrogen and oxygen atoms in total. The van der Waals surface area contributed by atoms with Crippen LogP contribution in [0.4, 0.5) is 4.39 Å². The van der Waals surface area contributed by atoms with Crippen LogP contribution in [0.2, 0.25) is 0 Å². The summed E-state index contributed by atoms with van der Waals surface area (Å²) in [4.78, 5) is 0. The van der Waals surface area contributed by atoms with E-state index < -0.39 is 9.84 Å². The van der Waals surface area contributed by atoms with Gasteiger partial charge in [0, 0.05) is 12.1 Å². The molecule has 1 unspecified atom stereocenters. The topological polar surface area (TPSA) is 46.2 Å². The van der Waals surface area contributed by atoms with Gasteiger partial charge in [0.05, 0.1) is 11.5 Å². The van der Waals surface area contributed by atoms with Crippen LogP contribution in [0.25, 0.3) is 11.1 Å². The predicted molar refractivity (Wildman–Crippen MR) is 90.3 cm³/mol. The van der Waals surface area contributed by atoms with E-state index in [4.69, 9.17) is 0 Å². The molecule has 3 rings (SSSR count). The Labute approximate surface area is 136 Å². The first-order valence-electron chi connectivity index (χ1n) is 7.78. The van der Waals surface area contributed by atoms with Crippen LogP contribution in [-0.4, -0.2) is 26.5 Å². The van der Waals surface area contributed by atoms with Gasteiger partial charge in [-0.25, -0.2) is 12.8 Å². The Kier molecular flexibility index (Phi) is 4.78. The highest BCUT2D eigenvalue weighted by molar-refractivity contribution is 7.91. The SMILES string of the molecule is O=S1(=O)CCC(CNCc2ccc(-c3ccccc3)cc2F)C1. The first-order chi connectivity index (χ1) is 11.0. The van der Waals surface area contributed by atoms with Gasteiger partial charge in [-0.1, -0.05) is 42.5 Å². The van der Waals surface area contributed by atoms with Gasteiger partial charge in [0.15, 0.2) is 9.84 Å². The maximum Gasteiger partial charge on any atom is 0.150 e. The molecule has 1 fully saturated rings. The minimum atomic E-state index is -2.85. The summed E-state index contributed by atoms with van der Waals surface area (Å²) in [6, 6.07) is 14.9. The Bertz CT molecular complexity index is 775. The zero-order valence-electron chi connectivity index (χ0n) is 12.8. The van der Waals surface area contributed by atoms with Crippen molar-refractivity contribution in [1.82, 2.24) is 5.32 Å². The summed E-state index contributed by atoms with van der Waals surface area (Å²) in [7, 11) is -2.85. The van der Waals surface area contributed by atoms with Gasteiger partial charge in [-0.2, -0.15) is 0 Å². The normalized spacial score (nSPS) is 19.8. The molecular weight excluding hydrogens is 313 g/mol. The van der Waals surface area contributed by atoms with Crippen molar-refractivity contribution in [3.63, 3.8) is 0 Å². The fourth-order valence-corrected chi connectivity index (χ4v) is 4.81. The van der Waals surface area contributed by atoms with Crippen LogP contribution in [0.15, 0.2) is 48.5 Å². The molecule has 5 heteroatoms. The number of halogens is 1. The van der Waals surface area contributed by atoms with E-state index in [0.717, 1.165) is 11.1 Å². The van der Waals surface area contributed by atoms with Crippen LogP contribution in [0, 0.1) is 11.7 Å². The number of sulfone groups is 1. The summed E-state index contributed by atoms with van der Waals surface area (Å²) in [5.41, 5.74) is 2.45. The molecule has 1 aliphatic rings. The minimum Gasteiger partial charge on any atom is -0.312 e. The second-order valence-electron chi connectivity index (χ2n) is 6.07. The largest absolute Gasteiger partial charge is 0.312 e.